The van der Waals surface area contributed by atoms with Crippen LogP contribution in [0.5, 0.6) is 0 Å². The molecule has 2 atom stereocenters. The molecule has 53 heavy (non-hydrogen) atoms. The highest BCUT2D eigenvalue weighted by molar-refractivity contribution is 7.45. The molecule has 0 fully saturated rings. The number of phosphoric ester groups is 1. The molecular weight excluding hydrogens is 689 g/mol. The fourth-order valence-electron chi connectivity index (χ4n) is 6.22. The number of ether oxygens (including phenoxy) is 2. The third-order valence-electron chi connectivity index (χ3n) is 9.68. The Morgan fingerprint density at radius 2 is 1.00 bits per heavy atom. The van der Waals surface area contributed by atoms with Crippen LogP contribution in [0.2, 0.25) is 0 Å². The largest absolute Gasteiger partial charge is 0.756 e. The maximum atomic E-state index is 12.7. The molecule has 0 amide bonds. The Balaban J connectivity index is 4.31. The van der Waals surface area contributed by atoms with E-state index in [4.69, 9.17) is 18.5 Å². The summed E-state index contributed by atoms with van der Waals surface area (Å²) in [5, 5.41) is 0. The zero-order valence-corrected chi connectivity index (χ0v) is 36.0. The van der Waals surface area contributed by atoms with Crippen molar-refractivity contribution in [2.45, 2.75) is 206 Å². The monoisotopic (exact) mass is 774 g/mol. The first-order valence-corrected chi connectivity index (χ1v) is 23.3. The molecule has 0 aliphatic heterocycles. The molecule has 0 radical (unpaired) electrons. The first kappa shape index (κ1) is 51.8. The minimum Gasteiger partial charge on any atom is -0.756 e. The van der Waals surface area contributed by atoms with Crippen LogP contribution in [0.4, 0.5) is 0 Å². The second-order valence-corrected chi connectivity index (χ2v) is 17.6. The lowest BCUT2D eigenvalue weighted by Gasteiger charge is -2.28. The predicted octanol–water partition coefficient (Wildman–Crippen LogP) is 11.6. The van der Waals surface area contributed by atoms with Crippen molar-refractivity contribution in [2.24, 2.45) is 0 Å². The Labute approximate surface area is 326 Å². The fraction of sp³-hybridized carbons (Fsp3) is 0.907. The van der Waals surface area contributed by atoms with E-state index in [1.807, 2.05) is 27.2 Å². The van der Waals surface area contributed by atoms with Crippen molar-refractivity contribution < 1.29 is 42.1 Å². The highest BCUT2D eigenvalue weighted by atomic mass is 31.2. The number of nitrogens with zero attached hydrogens (tertiary/aromatic N) is 1. The van der Waals surface area contributed by atoms with E-state index >= 15 is 0 Å². The lowest BCUT2D eigenvalue weighted by Crippen LogP contribution is -2.37. The molecule has 1 unspecified atom stereocenters. The number of phosphoric acid groups is 1. The zero-order chi connectivity index (χ0) is 39.3. The average Bonchev–Trinajstić information content (AvgIpc) is 3.10. The Bertz CT molecular complexity index is 909. The standard InChI is InChI=1S/C43H84NO8P/c1-6-8-10-12-14-16-18-20-22-24-25-27-29-31-33-35-42(45)49-39-41(40-51-53(47,48)50-38-37-44(3,4)5)52-43(46)36-34-32-30-28-26-23-21-19-17-15-13-11-9-7-2/h6,41H,1,7-40H2,2-5H3/t41-/m1/s1. The maximum Gasteiger partial charge on any atom is 0.306 e. The first-order chi connectivity index (χ1) is 25.5. The summed E-state index contributed by atoms with van der Waals surface area (Å²) in [6.45, 7) is 5.77. The van der Waals surface area contributed by atoms with Crippen LogP contribution in [0.1, 0.15) is 200 Å². The van der Waals surface area contributed by atoms with Gasteiger partial charge < -0.3 is 27.9 Å². The number of likely N-dealkylation sites (N-methyl/N-ethyl adjacent to an activating group) is 1. The predicted molar refractivity (Wildman–Crippen MR) is 218 cm³/mol. The van der Waals surface area contributed by atoms with Crippen LogP contribution >= 0.6 is 7.82 Å². The molecule has 10 heteroatoms. The summed E-state index contributed by atoms with van der Waals surface area (Å²) >= 11 is 0. The lowest BCUT2D eigenvalue weighted by molar-refractivity contribution is -0.870. The molecule has 0 aromatic heterocycles. The molecule has 0 heterocycles. The van der Waals surface area contributed by atoms with Gasteiger partial charge >= 0.3 is 11.9 Å². The van der Waals surface area contributed by atoms with Gasteiger partial charge in [-0.25, -0.2) is 0 Å². The second-order valence-electron chi connectivity index (χ2n) is 16.2. The van der Waals surface area contributed by atoms with E-state index < -0.39 is 26.5 Å². The number of hydrogen-bond acceptors (Lipinski definition) is 8. The first-order valence-electron chi connectivity index (χ1n) is 21.9. The molecule has 0 spiro atoms. The van der Waals surface area contributed by atoms with E-state index in [0.717, 1.165) is 38.5 Å². The summed E-state index contributed by atoms with van der Waals surface area (Å²) in [6.07, 6.45) is 35.5. The Morgan fingerprint density at radius 1 is 0.604 bits per heavy atom. The van der Waals surface area contributed by atoms with Crippen molar-refractivity contribution in [1.82, 2.24) is 0 Å². The summed E-state index contributed by atoms with van der Waals surface area (Å²) in [4.78, 5) is 37.5. The van der Waals surface area contributed by atoms with Gasteiger partial charge in [-0.1, -0.05) is 167 Å². The third-order valence-corrected chi connectivity index (χ3v) is 10.6. The number of esters is 2. The van der Waals surface area contributed by atoms with Crippen molar-refractivity contribution in [3.8, 4) is 0 Å². The molecule has 0 bridgehead atoms. The number of quaternary nitrogens is 1. The van der Waals surface area contributed by atoms with E-state index in [1.165, 1.54) is 135 Å². The van der Waals surface area contributed by atoms with Gasteiger partial charge in [0.15, 0.2) is 6.10 Å². The topological polar surface area (TPSA) is 111 Å². The van der Waals surface area contributed by atoms with Crippen molar-refractivity contribution in [3.63, 3.8) is 0 Å². The van der Waals surface area contributed by atoms with Gasteiger partial charge in [0.2, 0.25) is 0 Å². The summed E-state index contributed by atoms with van der Waals surface area (Å²) in [7, 11) is 1.17. The number of rotatable bonds is 41. The van der Waals surface area contributed by atoms with Crippen molar-refractivity contribution in [1.29, 1.82) is 0 Å². The SMILES string of the molecule is C=CCCCCCCCCCCCCCCCC(=O)OC[C@H](COP(=O)([O-])OCC[N+](C)(C)C)OC(=O)CCCCCCCCCCCCCCCC. The summed E-state index contributed by atoms with van der Waals surface area (Å²) in [6, 6.07) is 0. The van der Waals surface area contributed by atoms with Crippen molar-refractivity contribution in [2.75, 3.05) is 47.5 Å². The number of unbranched alkanes of at least 4 members (excludes halogenated alkanes) is 26. The second kappa shape index (κ2) is 36.4. The molecular formula is C43H84NO8P. The molecule has 0 aliphatic carbocycles. The van der Waals surface area contributed by atoms with E-state index in [0.29, 0.717) is 17.4 Å². The zero-order valence-electron chi connectivity index (χ0n) is 35.1. The Kier molecular flexibility index (Phi) is 35.5. The molecule has 314 valence electrons. The molecule has 0 rings (SSSR count). The van der Waals surface area contributed by atoms with Crippen LogP contribution < -0.4 is 4.89 Å². The minimum absolute atomic E-state index is 0.0280. The van der Waals surface area contributed by atoms with E-state index in [9.17, 15) is 19.0 Å². The van der Waals surface area contributed by atoms with Crippen molar-refractivity contribution in [3.05, 3.63) is 12.7 Å². The molecule has 0 saturated carbocycles. The van der Waals surface area contributed by atoms with Gasteiger partial charge in [-0.2, -0.15) is 0 Å². The maximum absolute atomic E-state index is 12.7. The average molecular weight is 774 g/mol. The molecule has 0 aliphatic rings. The molecule has 0 aromatic rings. The number of carbonyl (C=O) groups excluding carboxylic acids is 2. The fourth-order valence-corrected chi connectivity index (χ4v) is 6.95. The Hall–Kier alpha value is -1.25. The van der Waals surface area contributed by atoms with Gasteiger partial charge in [-0.05, 0) is 25.7 Å². The number of hydrogen-bond donors (Lipinski definition) is 0. The van der Waals surface area contributed by atoms with Crippen LogP contribution in [0, 0.1) is 0 Å². The van der Waals surface area contributed by atoms with Gasteiger partial charge in [0.1, 0.15) is 19.8 Å². The van der Waals surface area contributed by atoms with Crippen LogP contribution in [-0.4, -0.2) is 70.0 Å². The van der Waals surface area contributed by atoms with Gasteiger partial charge in [0.25, 0.3) is 7.82 Å². The normalized spacial score (nSPS) is 13.5. The van der Waals surface area contributed by atoms with Gasteiger partial charge in [0, 0.05) is 12.8 Å². The quantitative estimate of drug-likeness (QED) is 0.0198. The summed E-state index contributed by atoms with van der Waals surface area (Å²) < 4.78 is 33.9. The highest BCUT2D eigenvalue weighted by Crippen LogP contribution is 2.38. The Morgan fingerprint density at radius 3 is 1.42 bits per heavy atom. The van der Waals surface area contributed by atoms with Gasteiger partial charge in [0.05, 0.1) is 27.7 Å². The molecule has 0 saturated heterocycles. The molecule has 9 nitrogen and oxygen atoms in total. The number of allylic oxidation sites excluding steroid dienone is 1. The third kappa shape index (κ3) is 40.2. The van der Waals surface area contributed by atoms with E-state index in [-0.39, 0.29) is 32.0 Å². The minimum atomic E-state index is -4.62. The lowest BCUT2D eigenvalue weighted by atomic mass is 10.0. The van der Waals surface area contributed by atoms with Crippen LogP contribution in [0.15, 0.2) is 12.7 Å². The number of carbonyl (C=O) groups is 2. The molecule has 0 aromatic carbocycles. The van der Waals surface area contributed by atoms with E-state index in [1.54, 1.807) is 0 Å². The van der Waals surface area contributed by atoms with Crippen LogP contribution in [0.25, 0.3) is 0 Å². The summed E-state index contributed by atoms with van der Waals surface area (Å²) in [5.41, 5.74) is 0. The van der Waals surface area contributed by atoms with Gasteiger partial charge in [-0.15, -0.1) is 6.58 Å². The smallest absolute Gasteiger partial charge is 0.306 e. The highest BCUT2D eigenvalue weighted by Gasteiger charge is 2.21. The van der Waals surface area contributed by atoms with Gasteiger partial charge in [-0.3, -0.25) is 14.2 Å². The van der Waals surface area contributed by atoms with Crippen molar-refractivity contribution >= 4 is 19.8 Å². The molecule has 0 N–H and O–H groups in total. The summed E-state index contributed by atoms with van der Waals surface area (Å²) in [5.74, 6) is -0.827. The van der Waals surface area contributed by atoms with Crippen LogP contribution in [-0.2, 0) is 32.7 Å². The van der Waals surface area contributed by atoms with Crippen LogP contribution in [0.3, 0.4) is 0 Å². The van der Waals surface area contributed by atoms with E-state index in [2.05, 4.69) is 13.5 Å².